The smallest absolute Gasteiger partial charge is 0.303 e. The van der Waals surface area contributed by atoms with Gasteiger partial charge in [0.2, 0.25) is 5.91 Å². The van der Waals surface area contributed by atoms with Crippen LogP contribution in [0.5, 0.6) is 0 Å². The molecule has 1 amide bonds. The van der Waals surface area contributed by atoms with Gasteiger partial charge in [0.25, 0.3) is 0 Å². The molecule has 0 saturated heterocycles. The van der Waals surface area contributed by atoms with Crippen molar-refractivity contribution < 1.29 is 14.7 Å². The fraction of sp³-hybridized carbons (Fsp3) is 0.867. The summed E-state index contributed by atoms with van der Waals surface area (Å²) in [5.74, 6) is 0.253. The zero-order valence-electron chi connectivity index (χ0n) is 13.2. The third-order valence-electron chi connectivity index (χ3n) is 3.79. The summed E-state index contributed by atoms with van der Waals surface area (Å²) in [6.07, 6.45) is 2.01. The minimum absolute atomic E-state index is 0.0214. The highest BCUT2D eigenvalue weighted by molar-refractivity contribution is 5.76. The maximum Gasteiger partial charge on any atom is 0.303 e. The lowest BCUT2D eigenvalue weighted by Crippen LogP contribution is -2.35. The van der Waals surface area contributed by atoms with Gasteiger partial charge in [-0.1, -0.05) is 27.7 Å². The largest absolute Gasteiger partial charge is 0.481 e. The summed E-state index contributed by atoms with van der Waals surface area (Å²) in [6, 6.07) is -0.108. The first kappa shape index (κ1) is 18.9. The second kappa shape index (κ2) is 9.75. The summed E-state index contributed by atoms with van der Waals surface area (Å²) >= 11 is 0. The van der Waals surface area contributed by atoms with Crippen molar-refractivity contribution in [2.24, 2.45) is 23.5 Å². The zero-order valence-corrected chi connectivity index (χ0v) is 13.2. The van der Waals surface area contributed by atoms with Crippen molar-refractivity contribution in [3.63, 3.8) is 0 Å². The Morgan fingerprint density at radius 2 is 1.70 bits per heavy atom. The normalized spacial score (nSPS) is 14.3. The van der Waals surface area contributed by atoms with E-state index in [0.29, 0.717) is 37.1 Å². The van der Waals surface area contributed by atoms with E-state index in [4.69, 9.17) is 10.8 Å². The molecule has 0 bridgehead atoms. The third-order valence-corrected chi connectivity index (χ3v) is 3.79. The molecule has 0 fully saturated rings. The van der Waals surface area contributed by atoms with Gasteiger partial charge in [-0.3, -0.25) is 9.59 Å². The number of aliphatic carboxylic acids is 1. The second-order valence-corrected chi connectivity index (χ2v) is 6.19. The van der Waals surface area contributed by atoms with Gasteiger partial charge in [0.05, 0.1) is 0 Å². The van der Waals surface area contributed by atoms with E-state index >= 15 is 0 Å². The minimum atomic E-state index is -0.761. The molecule has 20 heavy (non-hydrogen) atoms. The molecule has 0 aromatic rings. The van der Waals surface area contributed by atoms with Crippen LogP contribution in [0.25, 0.3) is 0 Å². The number of carbonyl (C=O) groups is 2. The zero-order chi connectivity index (χ0) is 15.7. The summed E-state index contributed by atoms with van der Waals surface area (Å²) in [6.45, 7) is 8.76. The Morgan fingerprint density at radius 3 is 2.15 bits per heavy atom. The van der Waals surface area contributed by atoms with Gasteiger partial charge in [-0.15, -0.1) is 0 Å². The molecule has 0 heterocycles. The van der Waals surface area contributed by atoms with Crippen LogP contribution >= 0.6 is 0 Å². The summed E-state index contributed by atoms with van der Waals surface area (Å²) in [5.41, 5.74) is 5.85. The van der Waals surface area contributed by atoms with Gasteiger partial charge in [0.1, 0.15) is 0 Å². The van der Waals surface area contributed by atoms with E-state index in [1.807, 2.05) is 13.8 Å². The van der Waals surface area contributed by atoms with Gasteiger partial charge in [-0.05, 0) is 30.6 Å². The summed E-state index contributed by atoms with van der Waals surface area (Å²) in [4.78, 5) is 22.3. The van der Waals surface area contributed by atoms with E-state index < -0.39 is 5.97 Å². The van der Waals surface area contributed by atoms with Crippen LogP contribution < -0.4 is 11.1 Å². The molecular weight excluding hydrogens is 256 g/mol. The maximum atomic E-state index is 11.7. The molecule has 118 valence electrons. The molecular formula is C15H30N2O3. The van der Waals surface area contributed by atoms with Crippen LogP contribution in [0, 0.1) is 17.8 Å². The Kier molecular flexibility index (Phi) is 9.21. The third kappa shape index (κ3) is 8.91. The van der Waals surface area contributed by atoms with Crippen LogP contribution in [0.4, 0.5) is 0 Å². The number of carboxylic acids is 1. The first-order chi connectivity index (χ1) is 9.23. The van der Waals surface area contributed by atoms with Gasteiger partial charge in [-0.2, -0.15) is 0 Å². The van der Waals surface area contributed by atoms with Gasteiger partial charge in [0.15, 0.2) is 0 Å². The van der Waals surface area contributed by atoms with Gasteiger partial charge in [0, 0.05) is 25.4 Å². The van der Waals surface area contributed by atoms with E-state index in [1.165, 1.54) is 0 Å². The van der Waals surface area contributed by atoms with E-state index in [1.54, 1.807) is 0 Å². The van der Waals surface area contributed by atoms with Crippen LogP contribution in [0.1, 0.15) is 53.4 Å². The quantitative estimate of drug-likeness (QED) is 0.572. The van der Waals surface area contributed by atoms with Crippen LogP contribution in [0.3, 0.4) is 0 Å². The van der Waals surface area contributed by atoms with Crippen LogP contribution in [-0.4, -0.2) is 29.6 Å². The highest BCUT2D eigenvalue weighted by atomic mass is 16.4. The molecule has 0 aliphatic carbocycles. The predicted octanol–water partition coefficient (Wildman–Crippen LogP) is 2.00. The molecule has 0 aliphatic rings. The Labute approximate surface area is 122 Å². The van der Waals surface area contributed by atoms with Crippen molar-refractivity contribution in [1.29, 1.82) is 0 Å². The van der Waals surface area contributed by atoms with E-state index in [0.717, 1.165) is 6.42 Å². The standard InChI is InChI=1S/C15H30N2O3/c1-10(2)12(5-6-15(19)20)7-8-17-14(18)9-13(16)11(3)4/h10-13H,5-9,16H2,1-4H3,(H,17,18)(H,19,20). The molecule has 0 radical (unpaired) electrons. The number of nitrogens with two attached hydrogens (primary N) is 1. The van der Waals surface area contributed by atoms with E-state index in [-0.39, 0.29) is 18.4 Å². The lowest BCUT2D eigenvalue weighted by atomic mass is 9.88. The fourth-order valence-corrected chi connectivity index (χ4v) is 2.04. The molecule has 0 aromatic heterocycles. The van der Waals surface area contributed by atoms with Gasteiger partial charge < -0.3 is 16.2 Å². The van der Waals surface area contributed by atoms with E-state index in [2.05, 4.69) is 19.2 Å². The minimum Gasteiger partial charge on any atom is -0.481 e. The molecule has 0 saturated carbocycles. The average Bonchev–Trinajstić information content (AvgIpc) is 2.32. The second-order valence-electron chi connectivity index (χ2n) is 6.19. The molecule has 5 nitrogen and oxygen atoms in total. The van der Waals surface area contributed by atoms with Crippen LogP contribution in [0.2, 0.25) is 0 Å². The topological polar surface area (TPSA) is 92.4 Å². The van der Waals surface area contributed by atoms with E-state index in [9.17, 15) is 9.59 Å². The molecule has 0 aliphatic heterocycles. The number of carbonyl (C=O) groups excluding carboxylic acids is 1. The molecule has 5 heteroatoms. The molecule has 0 aromatic carbocycles. The fourth-order valence-electron chi connectivity index (χ4n) is 2.04. The number of rotatable bonds is 10. The lowest BCUT2D eigenvalue weighted by Gasteiger charge is -2.21. The van der Waals surface area contributed by atoms with Crippen molar-refractivity contribution in [3.8, 4) is 0 Å². The first-order valence-electron chi connectivity index (χ1n) is 7.48. The molecule has 0 rings (SSSR count). The molecule has 0 spiro atoms. The Morgan fingerprint density at radius 1 is 1.10 bits per heavy atom. The van der Waals surface area contributed by atoms with Gasteiger partial charge >= 0.3 is 5.97 Å². The van der Waals surface area contributed by atoms with Crippen molar-refractivity contribution in [2.45, 2.75) is 59.4 Å². The Balaban J connectivity index is 3.99. The number of hydrogen-bond acceptors (Lipinski definition) is 3. The summed E-state index contributed by atoms with van der Waals surface area (Å²) in [7, 11) is 0. The average molecular weight is 286 g/mol. The number of amides is 1. The first-order valence-corrected chi connectivity index (χ1v) is 7.48. The molecule has 2 unspecified atom stereocenters. The maximum absolute atomic E-state index is 11.7. The number of nitrogens with one attached hydrogen (secondary N) is 1. The SMILES string of the molecule is CC(C)C(N)CC(=O)NCCC(CCC(=O)O)C(C)C. The molecule has 2 atom stereocenters. The Bertz CT molecular complexity index is 303. The Hall–Kier alpha value is -1.10. The number of hydrogen-bond donors (Lipinski definition) is 3. The molecule has 4 N–H and O–H groups in total. The summed E-state index contributed by atoms with van der Waals surface area (Å²) in [5, 5.41) is 11.6. The van der Waals surface area contributed by atoms with Crippen molar-refractivity contribution in [2.75, 3.05) is 6.54 Å². The van der Waals surface area contributed by atoms with Gasteiger partial charge in [-0.25, -0.2) is 0 Å². The number of carboxylic acid groups (broad SMARTS) is 1. The van der Waals surface area contributed by atoms with Crippen molar-refractivity contribution >= 4 is 11.9 Å². The van der Waals surface area contributed by atoms with Crippen LogP contribution in [-0.2, 0) is 9.59 Å². The van der Waals surface area contributed by atoms with Crippen LogP contribution in [0.15, 0.2) is 0 Å². The monoisotopic (exact) mass is 286 g/mol. The highest BCUT2D eigenvalue weighted by Crippen LogP contribution is 2.20. The summed E-state index contributed by atoms with van der Waals surface area (Å²) < 4.78 is 0. The highest BCUT2D eigenvalue weighted by Gasteiger charge is 2.16. The van der Waals surface area contributed by atoms with Crippen molar-refractivity contribution in [1.82, 2.24) is 5.32 Å². The predicted molar refractivity (Wildman–Crippen MR) is 80.3 cm³/mol. The van der Waals surface area contributed by atoms with Crippen molar-refractivity contribution in [3.05, 3.63) is 0 Å². The lowest BCUT2D eigenvalue weighted by molar-refractivity contribution is -0.137.